The second kappa shape index (κ2) is 5.27. The first-order valence-electron chi connectivity index (χ1n) is 6.37. The van der Waals surface area contributed by atoms with Gasteiger partial charge in [0.2, 0.25) is 0 Å². The Morgan fingerprint density at radius 1 is 1.26 bits per heavy atom. The lowest BCUT2D eigenvalue weighted by Gasteiger charge is -2.28. The van der Waals surface area contributed by atoms with E-state index >= 15 is 0 Å². The molecule has 100 valence electrons. The molecule has 0 bridgehead atoms. The van der Waals surface area contributed by atoms with E-state index in [1.54, 1.807) is 0 Å². The van der Waals surface area contributed by atoms with E-state index in [9.17, 15) is 9.32 Å². The van der Waals surface area contributed by atoms with Crippen molar-refractivity contribution < 1.29 is 9.32 Å². The van der Waals surface area contributed by atoms with Gasteiger partial charge in [0.1, 0.15) is 5.82 Å². The number of anilines is 1. The molecule has 5 heteroatoms. The van der Waals surface area contributed by atoms with Crippen LogP contribution in [0.1, 0.15) is 5.56 Å². The third-order valence-electron chi connectivity index (χ3n) is 3.46. The molecule has 0 saturated carbocycles. The van der Waals surface area contributed by atoms with Crippen LogP contribution in [0.5, 0.6) is 0 Å². The van der Waals surface area contributed by atoms with E-state index in [2.05, 4.69) is 9.88 Å². The Balaban J connectivity index is 2.02. The topological polar surface area (TPSA) is 53.4 Å². The summed E-state index contributed by atoms with van der Waals surface area (Å²) in [4.78, 5) is 6.79. The summed E-state index contributed by atoms with van der Waals surface area (Å²) in [5, 5.41) is 10.5. The Hall–Kier alpha value is -1.46. The van der Waals surface area contributed by atoms with Gasteiger partial charge in [0, 0.05) is 40.8 Å². The molecule has 4 nitrogen and oxygen atoms in total. The average molecular weight is 276 g/mol. The number of hydrogen-bond donors (Lipinski definition) is 1. The Labute approximate surface area is 114 Å². The van der Waals surface area contributed by atoms with Gasteiger partial charge in [-0.25, -0.2) is 4.98 Å². The number of hydrogen-bond acceptors (Lipinski definition) is 4. The Bertz CT molecular complexity index is 620. The number of pyridine rings is 1. The fourth-order valence-electron chi connectivity index (χ4n) is 2.39. The molecule has 0 atom stereocenters. The lowest BCUT2D eigenvalue weighted by atomic mass is 10.1. The summed E-state index contributed by atoms with van der Waals surface area (Å²) in [5.41, 5.74) is 1.79. The van der Waals surface area contributed by atoms with Crippen LogP contribution in [0, 0.1) is 0 Å². The highest BCUT2D eigenvalue weighted by Gasteiger charge is 2.17. The SMILES string of the molecule is O=S1CCN(c2cc(CO)c3ccccc3n2)CC1. The molecule has 2 aromatic rings. The van der Waals surface area contributed by atoms with Crippen molar-refractivity contribution >= 4 is 27.5 Å². The van der Waals surface area contributed by atoms with Gasteiger partial charge in [-0.3, -0.25) is 4.21 Å². The number of rotatable bonds is 2. The van der Waals surface area contributed by atoms with E-state index in [0.29, 0.717) is 11.5 Å². The van der Waals surface area contributed by atoms with Gasteiger partial charge in [-0.2, -0.15) is 0 Å². The molecular weight excluding hydrogens is 260 g/mol. The lowest BCUT2D eigenvalue weighted by molar-refractivity contribution is 0.283. The summed E-state index contributed by atoms with van der Waals surface area (Å²) in [6.07, 6.45) is 0. The minimum atomic E-state index is -0.688. The van der Waals surface area contributed by atoms with Crippen molar-refractivity contribution in [2.24, 2.45) is 0 Å². The standard InChI is InChI=1S/C14H16N2O2S/c17-10-11-9-14(16-5-7-19(18)8-6-16)15-13-4-2-1-3-12(11)13/h1-4,9,17H,5-8,10H2. The zero-order valence-electron chi connectivity index (χ0n) is 10.6. The van der Waals surface area contributed by atoms with Crippen molar-refractivity contribution in [3.05, 3.63) is 35.9 Å². The van der Waals surface area contributed by atoms with Crippen LogP contribution < -0.4 is 4.90 Å². The smallest absolute Gasteiger partial charge is 0.129 e. The highest BCUT2D eigenvalue weighted by Crippen LogP contribution is 2.23. The van der Waals surface area contributed by atoms with Gasteiger partial charge in [-0.1, -0.05) is 18.2 Å². The molecule has 0 amide bonds. The van der Waals surface area contributed by atoms with Crippen molar-refractivity contribution in [2.45, 2.75) is 6.61 Å². The van der Waals surface area contributed by atoms with Crippen LogP contribution in [0.2, 0.25) is 0 Å². The number of fused-ring (bicyclic) bond motifs is 1. The van der Waals surface area contributed by atoms with E-state index in [1.165, 1.54) is 0 Å². The van der Waals surface area contributed by atoms with E-state index in [0.717, 1.165) is 35.4 Å². The fourth-order valence-corrected chi connectivity index (χ4v) is 3.44. The van der Waals surface area contributed by atoms with Gasteiger partial charge in [0.15, 0.2) is 0 Å². The Morgan fingerprint density at radius 2 is 2.00 bits per heavy atom. The van der Waals surface area contributed by atoms with Crippen LogP contribution in [-0.4, -0.2) is 38.9 Å². The monoisotopic (exact) mass is 276 g/mol. The molecule has 0 aliphatic carbocycles. The number of aliphatic hydroxyl groups excluding tert-OH is 1. The largest absolute Gasteiger partial charge is 0.392 e. The number of para-hydroxylation sites is 1. The first kappa shape index (κ1) is 12.6. The number of aromatic nitrogens is 1. The quantitative estimate of drug-likeness (QED) is 0.898. The maximum absolute atomic E-state index is 11.4. The maximum Gasteiger partial charge on any atom is 0.129 e. The van der Waals surface area contributed by atoms with E-state index < -0.39 is 10.8 Å². The highest BCUT2D eigenvalue weighted by atomic mass is 32.2. The summed E-state index contributed by atoms with van der Waals surface area (Å²) in [6.45, 7) is 1.54. The maximum atomic E-state index is 11.4. The van der Waals surface area contributed by atoms with Gasteiger partial charge in [0.05, 0.1) is 12.1 Å². The van der Waals surface area contributed by atoms with Crippen molar-refractivity contribution in [3.8, 4) is 0 Å². The molecule has 1 fully saturated rings. The molecule has 1 aliphatic heterocycles. The van der Waals surface area contributed by atoms with Gasteiger partial charge in [-0.15, -0.1) is 0 Å². The number of benzene rings is 1. The van der Waals surface area contributed by atoms with E-state index in [-0.39, 0.29) is 6.61 Å². The average Bonchev–Trinajstić information content (AvgIpc) is 2.47. The lowest BCUT2D eigenvalue weighted by Crippen LogP contribution is -2.38. The van der Waals surface area contributed by atoms with Gasteiger partial charge in [-0.05, 0) is 17.7 Å². The van der Waals surface area contributed by atoms with Crippen molar-refractivity contribution in [1.82, 2.24) is 4.98 Å². The zero-order valence-corrected chi connectivity index (χ0v) is 11.4. The molecule has 0 spiro atoms. The molecule has 0 unspecified atom stereocenters. The summed E-state index contributed by atoms with van der Waals surface area (Å²) in [7, 11) is -0.688. The molecular formula is C14H16N2O2S. The zero-order chi connectivity index (χ0) is 13.2. The molecule has 1 N–H and O–H groups in total. The van der Waals surface area contributed by atoms with Crippen LogP contribution in [0.15, 0.2) is 30.3 Å². The molecule has 19 heavy (non-hydrogen) atoms. The fraction of sp³-hybridized carbons (Fsp3) is 0.357. The van der Waals surface area contributed by atoms with E-state index in [4.69, 9.17) is 0 Å². The first-order valence-corrected chi connectivity index (χ1v) is 7.86. The molecule has 1 aliphatic rings. The third-order valence-corrected chi connectivity index (χ3v) is 4.74. The van der Waals surface area contributed by atoms with Crippen molar-refractivity contribution in [1.29, 1.82) is 0 Å². The molecule has 1 saturated heterocycles. The number of aliphatic hydroxyl groups is 1. The van der Waals surface area contributed by atoms with Crippen LogP contribution >= 0.6 is 0 Å². The highest BCUT2D eigenvalue weighted by molar-refractivity contribution is 7.85. The van der Waals surface area contributed by atoms with Crippen LogP contribution in [0.4, 0.5) is 5.82 Å². The van der Waals surface area contributed by atoms with Gasteiger partial charge >= 0.3 is 0 Å². The van der Waals surface area contributed by atoms with Crippen molar-refractivity contribution in [3.63, 3.8) is 0 Å². The Morgan fingerprint density at radius 3 is 2.74 bits per heavy atom. The summed E-state index contributed by atoms with van der Waals surface area (Å²) < 4.78 is 11.4. The van der Waals surface area contributed by atoms with Crippen LogP contribution in [0.25, 0.3) is 10.9 Å². The van der Waals surface area contributed by atoms with Gasteiger partial charge < -0.3 is 10.0 Å². The first-order chi connectivity index (χ1) is 9.28. The molecule has 1 aromatic carbocycles. The Kier molecular flexibility index (Phi) is 3.48. The minimum Gasteiger partial charge on any atom is -0.392 e. The predicted molar refractivity (Wildman–Crippen MR) is 77.8 cm³/mol. The minimum absolute atomic E-state index is 0.00973. The predicted octanol–water partition coefficient (Wildman–Crippen LogP) is 1.30. The molecule has 1 aromatic heterocycles. The molecule has 2 heterocycles. The number of nitrogens with zero attached hydrogens (tertiary/aromatic N) is 2. The summed E-state index contributed by atoms with van der Waals surface area (Å²) >= 11 is 0. The van der Waals surface area contributed by atoms with Crippen molar-refractivity contribution in [2.75, 3.05) is 29.5 Å². The summed E-state index contributed by atoms with van der Waals surface area (Å²) in [5.74, 6) is 2.27. The van der Waals surface area contributed by atoms with Crippen LogP contribution in [-0.2, 0) is 17.4 Å². The molecule has 3 rings (SSSR count). The van der Waals surface area contributed by atoms with E-state index in [1.807, 2.05) is 30.3 Å². The second-order valence-corrected chi connectivity index (χ2v) is 6.35. The van der Waals surface area contributed by atoms with Gasteiger partial charge in [0.25, 0.3) is 0 Å². The third kappa shape index (κ3) is 2.48. The van der Waals surface area contributed by atoms with Crippen LogP contribution in [0.3, 0.4) is 0 Å². The molecule has 0 radical (unpaired) electrons. The normalized spacial score (nSPS) is 17.0. The summed E-state index contributed by atoms with van der Waals surface area (Å²) in [6, 6.07) is 9.78. The second-order valence-electron chi connectivity index (χ2n) is 4.65.